The van der Waals surface area contributed by atoms with Gasteiger partial charge in [0, 0.05) is 18.9 Å². The Morgan fingerprint density at radius 3 is 2.84 bits per heavy atom. The molecule has 1 amide bonds. The van der Waals surface area contributed by atoms with Crippen molar-refractivity contribution < 1.29 is 9.18 Å². The summed E-state index contributed by atoms with van der Waals surface area (Å²) in [5, 5.41) is 2.72. The van der Waals surface area contributed by atoms with Crippen LogP contribution in [0.1, 0.15) is 27.0 Å². The lowest BCUT2D eigenvalue weighted by molar-refractivity contribution is 0.0946. The van der Waals surface area contributed by atoms with E-state index >= 15 is 0 Å². The molecule has 0 spiro atoms. The molecule has 0 atom stereocenters. The molecule has 0 saturated carbocycles. The number of hydrogen-bond acceptors (Lipinski definition) is 2. The molecular weight excluding hydrogens is 243 g/mol. The molecule has 0 unspecified atom stereocenters. The molecule has 2 aromatic rings. The van der Waals surface area contributed by atoms with E-state index in [9.17, 15) is 9.18 Å². The van der Waals surface area contributed by atoms with Gasteiger partial charge in [0.05, 0.1) is 5.56 Å². The first-order chi connectivity index (χ1) is 9.08. The van der Waals surface area contributed by atoms with Crippen molar-refractivity contribution in [3.05, 3.63) is 64.7 Å². The fourth-order valence-electron chi connectivity index (χ4n) is 1.78. The fraction of sp³-hybridized carbons (Fsp3) is 0.200. The van der Waals surface area contributed by atoms with Crippen molar-refractivity contribution in [1.82, 2.24) is 10.3 Å². The van der Waals surface area contributed by atoms with Crippen LogP contribution in [-0.4, -0.2) is 10.9 Å². The van der Waals surface area contributed by atoms with Gasteiger partial charge >= 0.3 is 0 Å². The highest BCUT2D eigenvalue weighted by Crippen LogP contribution is 2.11. The van der Waals surface area contributed by atoms with Crippen molar-refractivity contribution >= 4 is 5.91 Å². The summed E-state index contributed by atoms with van der Waals surface area (Å²) in [5.74, 6) is -0.910. The van der Waals surface area contributed by atoms with Crippen LogP contribution in [0.4, 0.5) is 4.39 Å². The number of rotatable bonds is 3. The topological polar surface area (TPSA) is 42.0 Å². The molecule has 1 heterocycles. The fourth-order valence-corrected chi connectivity index (χ4v) is 1.78. The van der Waals surface area contributed by atoms with Gasteiger partial charge in [0.1, 0.15) is 5.82 Å². The van der Waals surface area contributed by atoms with Crippen molar-refractivity contribution in [1.29, 1.82) is 0 Å². The van der Waals surface area contributed by atoms with Gasteiger partial charge in [-0.15, -0.1) is 0 Å². The molecule has 0 aliphatic carbocycles. The van der Waals surface area contributed by atoms with Gasteiger partial charge in [-0.1, -0.05) is 11.6 Å². The highest BCUT2D eigenvalue weighted by Gasteiger charge is 2.11. The zero-order chi connectivity index (χ0) is 13.8. The summed E-state index contributed by atoms with van der Waals surface area (Å²) in [7, 11) is 0. The Hall–Kier alpha value is -2.23. The average Bonchev–Trinajstić information content (AvgIpc) is 2.40. The molecule has 1 aromatic heterocycles. The second kappa shape index (κ2) is 5.61. The maximum atomic E-state index is 13.6. The first-order valence-corrected chi connectivity index (χ1v) is 6.02. The van der Waals surface area contributed by atoms with E-state index in [4.69, 9.17) is 0 Å². The van der Waals surface area contributed by atoms with Crippen LogP contribution in [0.5, 0.6) is 0 Å². The summed E-state index contributed by atoms with van der Waals surface area (Å²) in [6.07, 6.45) is 3.40. The maximum absolute atomic E-state index is 13.6. The van der Waals surface area contributed by atoms with Gasteiger partial charge in [-0.2, -0.15) is 0 Å². The van der Waals surface area contributed by atoms with E-state index in [2.05, 4.69) is 10.3 Å². The summed E-state index contributed by atoms with van der Waals surface area (Å²) in [6, 6.07) is 6.33. The lowest BCUT2D eigenvalue weighted by atomic mass is 10.1. The van der Waals surface area contributed by atoms with Crippen molar-refractivity contribution in [2.75, 3.05) is 0 Å². The molecule has 19 heavy (non-hydrogen) atoms. The number of carbonyl (C=O) groups excluding carboxylic acids is 1. The summed E-state index contributed by atoms with van der Waals surface area (Å²) < 4.78 is 13.6. The minimum absolute atomic E-state index is 0.0757. The molecule has 0 radical (unpaired) electrons. The maximum Gasteiger partial charge on any atom is 0.254 e. The molecule has 0 bridgehead atoms. The SMILES string of the molecule is Cc1ccc(F)c(C(=O)NCc2ccncc2C)c1. The van der Waals surface area contributed by atoms with Crippen LogP contribution in [0, 0.1) is 19.7 Å². The normalized spacial score (nSPS) is 10.3. The lowest BCUT2D eigenvalue weighted by Crippen LogP contribution is -2.24. The van der Waals surface area contributed by atoms with Gasteiger partial charge in [-0.3, -0.25) is 9.78 Å². The Morgan fingerprint density at radius 2 is 2.11 bits per heavy atom. The predicted molar refractivity (Wildman–Crippen MR) is 71.3 cm³/mol. The van der Waals surface area contributed by atoms with Crippen molar-refractivity contribution in [3.63, 3.8) is 0 Å². The molecular formula is C15H15FN2O. The summed E-state index contributed by atoms with van der Waals surface area (Å²) >= 11 is 0. The molecule has 0 aliphatic heterocycles. The Kier molecular flexibility index (Phi) is 3.90. The number of carbonyl (C=O) groups is 1. The molecule has 1 N–H and O–H groups in total. The second-order valence-corrected chi connectivity index (χ2v) is 4.47. The third-order valence-electron chi connectivity index (χ3n) is 2.94. The molecule has 1 aromatic carbocycles. The molecule has 0 fully saturated rings. The molecule has 0 aliphatic rings. The number of pyridine rings is 1. The van der Waals surface area contributed by atoms with Crippen LogP contribution in [-0.2, 0) is 6.54 Å². The van der Waals surface area contributed by atoms with Crippen LogP contribution in [0.15, 0.2) is 36.7 Å². The minimum atomic E-state index is -0.505. The summed E-state index contributed by atoms with van der Waals surface area (Å²) in [5.41, 5.74) is 2.89. The van der Waals surface area contributed by atoms with Crippen molar-refractivity contribution in [2.24, 2.45) is 0 Å². The predicted octanol–water partition coefficient (Wildman–Crippen LogP) is 2.77. The standard InChI is InChI=1S/C15H15FN2O/c1-10-3-4-14(16)13(7-10)15(19)18-9-12-5-6-17-8-11(12)2/h3-8H,9H2,1-2H3,(H,18,19). The van der Waals surface area contributed by atoms with Gasteiger partial charge in [0.2, 0.25) is 0 Å². The summed E-state index contributed by atoms with van der Waals surface area (Å²) in [6.45, 7) is 4.10. The quantitative estimate of drug-likeness (QED) is 0.919. The largest absolute Gasteiger partial charge is 0.348 e. The number of nitrogens with zero attached hydrogens (tertiary/aromatic N) is 1. The van der Waals surface area contributed by atoms with E-state index in [1.165, 1.54) is 6.07 Å². The molecule has 0 saturated heterocycles. The van der Waals surface area contributed by atoms with Gasteiger partial charge in [0.15, 0.2) is 0 Å². The third-order valence-corrected chi connectivity index (χ3v) is 2.94. The molecule has 2 rings (SSSR count). The smallest absolute Gasteiger partial charge is 0.254 e. The summed E-state index contributed by atoms with van der Waals surface area (Å²) in [4.78, 5) is 15.9. The van der Waals surface area contributed by atoms with E-state index < -0.39 is 11.7 Å². The average molecular weight is 258 g/mol. The Balaban J connectivity index is 2.10. The van der Waals surface area contributed by atoms with Gasteiger partial charge in [0.25, 0.3) is 5.91 Å². The minimum Gasteiger partial charge on any atom is -0.348 e. The first-order valence-electron chi connectivity index (χ1n) is 6.02. The zero-order valence-electron chi connectivity index (χ0n) is 10.9. The number of hydrogen-bond donors (Lipinski definition) is 1. The Bertz CT molecular complexity index is 611. The Labute approximate surface area is 111 Å². The number of benzene rings is 1. The number of aromatic nitrogens is 1. The van der Waals surface area contributed by atoms with E-state index in [1.54, 1.807) is 24.5 Å². The molecule has 4 heteroatoms. The second-order valence-electron chi connectivity index (χ2n) is 4.47. The number of aryl methyl sites for hydroxylation is 2. The van der Waals surface area contributed by atoms with Gasteiger partial charge in [-0.25, -0.2) is 4.39 Å². The van der Waals surface area contributed by atoms with E-state index in [0.717, 1.165) is 16.7 Å². The zero-order valence-corrected chi connectivity index (χ0v) is 10.9. The van der Waals surface area contributed by atoms with Gasteiger partial charge < -0.3 is 5.32 Å². The highest BCUT2D eigenvalue weighted by molar-refractivity contribution is 5.94. The van der Waals surface area contributed by atoms with Crippen molar-refractivity contribution in [2.45, 2.75) is 20.4 Å². The Morgan fingerprint density at radius 1 is 1.32 bits per heavy atom. The van der Waals surface area contributed by atoms with Crippen LogP contribution >= 0.6 is 0 Å². The van der Waals surface area contributed by atoms with Crippen LogP contribution < -0.4 is 5.32 Å². The molecule has 98 valence electrons. The van der Waals surface area contributed by atoms with Crippen LogP contribution in [0.25, 0.3) is 0 Å². The number of amides is 1. The number of nitrogens with one attached hydrogen (secondary N) is 1. The van der Waals surface area contributed by atoms with Crippen molar-refractivity contribution in [3.8, 4) is 0 Å². The van der Waals surface area contributed by atoms with E-state index in [0.29, 0.717) is 6.54 Å². The highest BCUT2D eigenvalue weighted by atomic mass is 19.1. The van der Waals surface area contributed by atoms with Gasteiger partial charge in [-0.05, 0) is 43.2 Å². The van der Waals surface area contributed by atoms with E-state index in [-0.39, 0.29) is 5.56 Å². The third kappa shape index (κ3) is 3.16. The molecule has 3 nitrogen and oxygen atoms in total. The first kappa shape index (κ1) is 13.2. The lowest BCUT2D eigenvalue weighted by Gasteiger charge is -2.08. The van der Waals surface area contributed by atoms with Crippen LogP contribution in [0.3, 0.4) is 0 Å². The number of halogens is 1. The van der Waals surface area contributed by atoms with Crippen LogP contribution in [0.2, 0.25) is 0 Å². The van der Waals surface area contributed by atoms with E-state index in [1.807, 2.05) is 19.9 Å². The monoisotopic (exact) mass is 258 g/mol.